The van der Waals surface area contributed by atoms with Crippen LogP contribution < -0.4 is 5.73 Å². The molecule has 1 fully saturated rings. The van der Waals surface area contributed by atoms with Gasteiger partial charge in [0.15, 0.2) is 6.10 Å². The Balaban J connectivity index is 2.40. The highest BCUT2D eigenvalue weighted by Crippen LogP contribution is 2.21. The standard InChI is InChI=1S/C11H20F3N3O3/c1-16(7-10(15)19)4-8-5-17(2-3-20-8)6-9(18)11(12,13)14/h8-9,18H,2-7H2,1H3,(H2,15,19)/t8-,9-/m0/s1. The first-order valence-electron chi connectivity index (χ1n) is 6.24. The number of morpholine rings is 1. The van der Waals surface area contributed by atoms with Crippen LogP contribution in [-0.2, 0) is 9.53 Å². The summed E-state index contributed by atoms with van der Waals surface area (Å²) in [5.74, 6) is -0.479. The van der Waals surface area contributed by atoms with E-state index in [4.69, 9.17) is 15.6 Å². The Bertz CT molecular complexity index is 328. The van der Waals surface area contributed by atoms with Crippen molar-refractivity contribution in [1.82, 2.24) is 9.80 Å². The molecule has 20 heavy (non-hydrogen) atoms. The van der Waals surface area contributed by atoms with E-state index in [2.05, 4.69) is 0 Å². The summed E-state index contributed by atoms with van der Waals surface area (Å²) in [6, 6.07) is 0. The van der Waals surface area contributed by atoms with Gasteiger partial charge in [0.2, 0.25) is 5.91 Å². The Morgan fingerprint density at radius 2 is 2.25 bits per heavy atom. The molecule has 9 heteroatoms. The SMILES string of the molecule is CN(CC(N)=O)C[C@H]1CN(C[C@H](O)C(F)(F)F)CCO1. The lowest BCUT2D eigenvalue weighted by atomic mass is 10.2. The van der Waals surface area contributed by atoms with E-state index < -0.39 is 24.7 Å². The van der Waals surface area contributed by atoms with Gasteiger partial charge in [-0.25, -0.2) is 0 Å². The molecule has 1 amide bonds. The zero-order chi connectivity index (χ0) is 15.3. The van der Waals surface area contributed by atoms with Gasteiger partial charge in [-0.05, 0) is 7.05 Å². The molecule has 1 aliphatic rings. The van der Waals surface area contributed by atoms with Crippen molar-refractivity contribution in [2.45, 2.75) is 18.4 Å². The monoisotopic (exact) mass is 299 g/mol. The van der Waals surface area contributed by atoms with Crippen LogP contribution in [-0.4, -0.2) is 85.6 Å². The van der Waals surface area contributed by atoms with Crippen LogP contribution in [0.5, 0.6) is 0 Å². The number of aliphatic hydroxyl groups excluding tert-OH is 1. The Morgan fingerprint density at radius 3 is 2.80 bits per heavy atom. The average Bonchev–Trinajstić information content (AvgIpc) is 2.26. The normalized spacial score (nSPS) is 23.0. The molecule has 6 nitrogen and oxygen atoms in total. The van der Waals surface area contributed by atoms with Gasteiger partial charge in [0.1, 0.15) is 0 Å². The number of halogens is 3. The van der Waals surface area contributed by atoms with Gasteiger partial charge in [0.25, 0.3) is 0 Å². The highest BCUT2D eigenvalue weighted by atomic mass is 19.4. The molecule has 0 unspecified atom stereocenters. The Morgan fingerprint density at radius 1 is 1.60 bits per heavy atom. The number of nitrogens with zero attached hydrogens (tertiary/aromatic N) is 2. The lowest BCUT2D eigenvalue weighted by Gasteiger charge is -2.35. The number of primary amides is 1. The molecule has 0 bridgehead atoms. The minimum atomic E-state index is -4.61. The molecule has 1 saturated heterocycles. The van der Waals surface area contributed by atoms with E-state index in [1.807, 2.05) is 0 Å². The zero-order valence-corrected chi connectivity index (χ0v) is 11.3. The second kappa shape index (κ2) is 7.21. The van der Waals surface area contributed by atoms with Gasteiger partial charge in [-0.2, -0.15) is 13.2 Å². The molecule has 0 spiro atoms. The third kappa shape index (κ3) is 6.04. The Labute approximate surface area is 115 Å². The molecule has 1 rings (SSSR count). The number of amides is 1. The van der Waals surface area contributed by atoms with Crippen LogP contribution in [0.15, 0.2) is 0 Å². The van der Waals surface area contributed by atoms with Crippen LogP contribution in [0, 0.1) is 0 Å². The van der Waals surface area contributed by atoms with E-state index in [9.17, 15) is 18.0 Å². The number of likely N-dealkylation sites (N-methyl/N-ethyl adjacent to an activating group) is 1. The molecule has 0 saturated carbocycles. The second-order valence-electron chi connectivity index (χ2n) is 4.97. The number of ether oxygens (including phenoxy) is 1. The molecule has 2 atom stereocenters. The van der Waals surface area contributed by atoms with Crippen LogP contribution in [0.25, 0.3) is 0 Å². The maximum Gasteiger partial charge on any atom is 0.415 e. The van der Waals surface area contributed by atoms with E-state index in [1.54, 1.807) is 11.9 Å². The average molecular weight is 299 g/mol. The van der Waals surface area contributed by atoms with Crippen LogP contribution in [0.2, 0.25) is 0 Å². The number of hydrogen-bond donors (Lipinski definition) is 2. The molecule has 1 heterocycles. The van der Waals surface area contributed by atoms with Crippen molar-refractivity contribution in [2.75, 3.05) is 46.4 Å². The fraction of sp³-hybridized carbons (Fsp3) is 0.909. The molecule has 0 radical (unpaired) electrons. The first kappa shape index (κ1) is 17.2. The highest BCUT2D eigenvalue weighted by Gasteiger charge is 2.39. The van der Waals surface area contributed by atoms with Crippen molar-refractivity contribution in [3.63, 3.8) is 0 Å². The maximum absolute atomic E-state index is 12.3. The summed E-state index contributed by atoms with van der Waals surface area (Å²) in [5, 5.41) is 9.05. The number of rotatable bonds is 6. The van der Waals surface area contributed by atoms with E-state index >= 15 is 0 Å². The highest BCUT2D eigenvalue weighted by molar-refractivity contribution is 5.75. The van der Waals surface area contributed by atoms with Crippen molar-refractivity contribution in [2.24, 2.45) is 5.73 Å². The molecule has 0 aromatic heterocycles. The number of hydrogen-bond acceptors (Lipinski definition) is 5. The molecular formula is C11H20F3N3O3. The molecule has 3 N–H and O–H groups in total. The quantitative estimate of drug-likeness (QED) is 0.659. The lowest BCUT2D eigenvalue weighted by Crippen LogP contribution is -2.51. The Kier molecular flexibility index (Phi) is 6.18. The van der Waals surface area contributed by atoms with Gasteiger partial charge >= 0.3 is 6.18 Å². The third-order valence-corrected chi connectivity index (χ3v) is 2.97. The maximum atomic E-state index is 12.3. The second-order valence-corrected chi connectivity index (χ2v) is 4.97. The minimum absolute atomic E-state index is 0.0606. The van der Waals surface area contributed by atoms with Gasteiger partial charge in [0, 0.05) is 26.2 Å². The van der Waals surface area contributed by atoms with Gasteiger partial charge in [0.05, 0.1) is 19.3 Å². The molecule has 118 valence electrons. The van der Waals surface area contributed by atoms with Crippen LogP contribution in [0.1, 0.15) is 0 Å². The van der Waals surface area contributed by atoms with Crippen molar-refractivity contribution in [3.05, 3.63) is 0 Å². The zero-order valence-electron chi connectivity index (χ0n) is 11.3. The van der Waals surface area contributed by atoms with Gasteiger partial charge in [-0.3, -0.25) is 14.6 Å². The number of carbonyl (C=O) groups excluding carboxylic acids is 1. The number of aliphatic hydroxyl groups is 1. The number of alkyl halides is 3. The molecule has 1 aliphatic heterocycles. The Hall–Kier alpha value is -0.900. The van der Waals surface area contributed by atoms with Crippen LogP contribution in [0.4, 0.5) is 13.2 Å². The summed E-state index contributed by atoms with van der Waals surface area (Å²) in [6.45, 7) is 0.883. The van der Waals surface area contributed by atoms with Crippen molar-refractivity contribution in [3.8, 4) is 0 Å². The summed E-state index contributed by atoms with van der Waals surface area (Å²) >= 11 is 0. The van der Waals surface area contributed by atoms with E-state index in [0.29, 0.717) is 19.7 Å². The van der Waals surface area contributed by atoms with Gasteiger partial charge in [-0.15, -0.1) is 0 Å². The topological polar surface area (TPSA) is 79.0 Å². The van der Waals surface area contributed by atoms with Crippen molar-refractivity contribution >= 4 is 5.91 Å². The molecular weight excluding hydrogens is 279 g/mol. The third-order valence-electron chi connectivity index (χ3n) is 2.97. The summed E-state index contributed by atoms with van der Waals surface area (Å²) in [5.41, 5.74) is 5.05. The largest absolute Gasteiger partial charge is 0.415 e. The first-order chi connectivity index (χ1) is 9.18. The summed E-state index contributed by atoms with van der Waals surface area (Å²) < 4.78 is 42.3. The van der Waals surface area contributed by atoms with E-state index in [0.717, 1.165) is 0 Å². The van der Waals surface area contributed by atoms with Crippen molar-refractivity contribution < 1.29 is 27.8 Å². The predicted molar refractivity (Wildman–Crippen MR) is 64.9 cm³/mol. The van der Waals surface area contributed by atoms with Crippen LogP contribution in [0.3, 0.4) is 0 Å². The molecule has 0 aromatic carbocycles. The fourth-order valence-corrected chi connectivity index (χ4v) is 2.08. The lowest BCUT2D eigenvalue weighted by molar-refractivity contribution is -0.211. The van der Waals surface area contributed by atoms with Crippen molar-refractivity contribution in [1.29, 1.82) is 0 Å². The van der Waals surface area contributed by atoms with Gasteiger partial charge in [-0.1, -0.05) is 0 Å². The first-order valence-corrected chi connectivity index (χ1v) is 6.24. The number of carbonyl (C=O) groups is 1. The summed E-state index contributed by atoms with van der Waals surface area (Å²) in [4.78, 5) is 13.9. The summed E-state index contributed by atoms with van der Waals surface area (Å²) in [6.07, 6.45) is -7.28. The smallest absolute Gasteiger partial charge is 0.382 e. The summed E-state index contributed by atoms with van der Waals surface area (Å²) in [7, 11) is 1.68. The van der Waals surface area contributed by atoms with E-state index in [1.165, 1.54) is 4.90 Å². The fourth-order valence-electron chi connectivity index (χ4n) is 2.08. The van der Waals surface area contributed by atoms with E-state index in [-0.39, 0.29) is 19.2 Å². The molecule has 0 aromatic rings. The minimum Gasteiger partial charge on any atom is -0.382 e. The molecule has 0 aliphatic carbocycles. The predicted octanol–water partition coefficient (Wildman–Crippen LogP) is -0.972. The number of β-amino-alcohol motifs (C(OH)–C–C–N with tert-alkyl or cyclic N) is 1. The number of nitrogens with two attached hydrogens (primary N) is 1. The van der Waals surface area contributed by atoms with Gasteiger partial charge < -0.3 is 15.6 Å². The van der Waals surface area contributed by atoms with Crippen LogP contribution >= 0.6 is 0 Å².